The average Bonchev–Trinajstić information content (AvgIpc) is 3.16. The van der Waals surface area contributed by atoms with E-state index < -0.39 is 0 Å². The van der Waals surface area contributed by atoms with E-state index in [9.17, 15) is 14.7 Å². The molecule has 2 aliphatic rings. The molecule has 0 amide bonds. The fourth-order valence-electron chi connectivity index (χ4n) is 8.12. The lowest BCUT2D eigenvalue weighted by atomic mass is 9.85. The van der Waals surface area contributed by atoms with E-state index in [0.717, 1.165) is 112 Å². The summed E-state index contributed by atoms with van der Waals surface area (Å²) in [5.41, 5.74) is 0. The number of hydrogen-bond acceptors (Lipinski definition) is 7. The Bertz CT molecular complexity index is 763. The van der Waals surface area contributed by atoms with E-state index in [1.54, 1.807) is 0 Å². The minimum atomic E-state index is -0.179. The van der Waals surface area contributed by atoms with E-state index in [1.807, 2.05) is 23.5 Å². The molecule has 0 aromatic carbocycles. The molecule has 0 aliphatic heterocycles. The number of aliphatic hydroxyl groups excluding tert-OH is 1. The lowest BCUT2D eigenvalue weighted by molar-refractivity contribution is -0.149. The molecule has 0 spiro atoms. The van der Waals surface area contributed by atoms with Crippen molar-refractivity contribution >= 4 is 35.5 Å². The van der Waals surface area contributed by atoms with Gasteiger partial charge in [0.25, 0.3) is 0 Å². The molecule has 2 unspecified atom stereocenters. The van der Waals surface area contributed by atoms with Crippen molar-refractivity contribution in [3.63, 3.8) is 0 Å². The summed E-state index contributed by atoms with van der Waals surface area (Å²) >= 11 is 3.91. The van der Waals surface area contributed by atoms with Crippen molar-refractivity contribution in [2.75, 3.05) is 23.0 Å². The summed E-state index contributed by atoms with van der Waals surface area (Å²) in [6.07, 6.45) is 36.9. The third-order valence-electron chi connectivity index (χ3n) is 11.6. The van der Waals surface area contributed by atoms with Crippen molar-refractivity contribution in [1.82, 2.24) is 0 Å². The molecule has 306 valence electrons. The second-order valence-electron chi connectivity index (χ2n) is 16.5. The average molecular weight is 769 g/mol. The van der Waals surface area contributed by atoms with Gasteiger partial charge in [0, 0.05) is 24.3 Å². The highest BCUT2D eigenvalue weighted by Gasteiger charge is 2.21. The molecular weight excluding hydrogens is 685 g/mol. The van der Waals surface area contributed by atoms with E-state index in [4.69, 9.17) is 9.47 Å². The zero-order chi connectivity index (χ0) is 37.3. The molecule has 1 N–H and O–H groups in total. The first-order chi connectivity index (χ1) is 25.5. The summed E-state index contributed by atoms with van der Waals surface area (Å²) in [5, 5.41) is 10.6. The summed E-state index contributed by atoms with van der Waals surface area (Å²) in [5.74, 6) is 5.77. The predicted molar refractivity (Wildman–Crippen MR) is 226 cm³/mol. The van der Waals surface area contributed by atoms with Crippen LogP contribution in [0.15, 0.2) is 0 Å². The molecule has 5 nitrogen and oxygen atoms in total. The summed E-state index contributed by atoms with van der Waals surface area (Å²) in [7, 11) is 0. The molecule has 0 radical (unpaired) electrons. The maximum absolute atomic E-state index is 12.5. The van der Waals surface area contributed by atoms with Gasteiger partial charge in [-0.2, -0.15) is 23.5 Å². The highest BCUT2D eigenvalue weighted by Crippen LogP contribution is 2.30. The zero-order valence-electron chi connectivity index (χ0n) is 34.2. The number of rotatable bonds is 34. The Labute approximate surface area is 330 Å². The van der Waals surface area contributed by atoms with Crippen LogP contribution in [0, 0.1) is 11.8 Å². The monoisotopic (exact) mass is 769 g/mol. The van der Waals surface area contributed by atoms with Crippen molar-refractivity contribution < 1.29 is 24.2 Å². The van der Waals surface area contributed by atoms with Crippen molar-refractivity contribution in [3.05, 3.63) is 0 Å². The van der Waals surface area contributed by atoms with Crippen LogP contribution in [0.25, 0.3) is 0 Å². The molecule has 0 aromatic rings. The van der Waals surface area contributed by atoms with Gasteiger partial charge < -0.3 is 14.6 Å². The van der Waals surface area contributed by atoms with Crippen LogP contribution in [0.5, 0.6) is 0 Å². The third kappa shape index (κ3) is 27.2. The van der Waals surface area contributed by atoms with Crippen LogP contribution in [-0.2, 0) is 19.1 Å². The maximum atomic E-state index is 12.5. The van der Waals surface area contributed by atoms with Crippen molar-refractivity contribution in [3.8, 4) is 0 Å². The van der Waals surface area contributed by atoms with Gasteiger partial charge in [-0.25, -0.2) is 0 Å². The smallest absolute Gasteiger partial charge is 0.306 e. The minimum Gasteiger partial charge on any atom is -0.461 e. The molecule has 2 saturated carbocycles. The van der Waals surface area contributed by atoms with E-state index in [-0.39, 0.29) is 30.3 Å². The number of thioether (sulfide) groups is 2. The van der Waals surface area contributed by atoms with Crippen LogP contribution in [0.1, 0.15) is 219 Å². The Hall–Kier alpha value is -0.400. The normalized spacial score (nSPS) is 17.5. The third-order valence-corrected chi connectivity index (χ3v) is 13.9. The number of aliphatic hydroxyl groups is 1. The molecule has 2 rings (SSSR count). The molecule has 0 heterocycles. The summed E-state index contributed by atoms with van der Waals surface area (Å²) in [4.78, 5) is 25.1. The standard InChI is InChI=1S/C45H84O5S2/c1-3-5-7-19-29-44(47)49-42(33-31-39-23-13-9-14-24-39)37-51-35-21-11-17-27-41(46)28-18-12-22-36-52-38-43(34-32-40-25-15-10-16-26-40)50-45(48)30-20-8-6-4-2/h39-43,46H,3-38H2,1-2H3. The largest absolute Gasteiger partial charge is 0.461 e. The van der Waals surface area contributed by atoms with E-state index in [1.165, 1.54) is 116 Å². The van der Waals surface area contributed by atoms with Crippen LogP contribution in [0.3, 0.4) is 0 Å². The van der Waals surface area contributed by atoms with Gasteiger partial charge in [-0.3, -0.25) is 9.59 Å². The van der Waals surface area contributed by atoms with Gasteiger partial charge in [-0.1, -0.05) is 142 Å². The van der Waals surface area contributed by atoms with Crippen LogP contribution < -0.4 is 0 Å². The van der Waals surface area contributed by atoms with Crippen LogP contribution in [0.2, 0.25) is 0 Å². The molecule has 0 aromatic heterocycles. The lowest BCUT2D eigenvalue weighted by Crippen LogP contribution is -2.22. The Morgan fingerprint density at radius 1 is 0.538 bits per heavy atom. The van der Waals surface area contributed by atoms with Crippen molar-refractivity contribution in [2.45, 2.75) is 238 Å². The first-order valence-corrected chi connectivity index (χ1v) is 25.0. The topological polar surface area (TPSA) is 72.8 Å². The Morgan fingerprint density at radius 3 is 1.35 bits per heavy atom. The summed E-state index contributed by atoms with van der Waals surface area (Å²) < 4.78 is 12.0. The van der Waals surface area contributed by atoms with Crippen molar-refractivity contribution in [2.24, 2.45) is 11.8 Å². The molecule has 0 bridgehead atoms. The van der Waals surface area contributed by atoms with E-state index in [2.05, 4.69) is 13.8 Å². The van der Waals surface area contributed by atoms with E-state index >= 15 is 0 Å². The molecule has 2 fully saturated rings. The van der Waals surface area contributed by atoms with Gasteiger partial charge in [0.15, 0.2) is 0 Å². The number of ether oxygens (including phenoxy) is 2. The summed E-state index contributed by atoms with van der Waals surface area (Å²) in [6, 6.07) is 0. The Kier molecular flexibility index (Phi) is 31.1. The molecule has 52 heavy (non-hydrogen) atoms. The SMILES string of the molecule is CCCCCCC(=O)OC(CCC1CCCCC1)CSCCCCCC(O)CCCCCSCC(CCC1CCCCC1)OC(=O)CCCCCC. The van der Waals surface area contributed by atoms with E-state index in [0.29, 0.717) is 12.8 Å². The zero-order valence-corrected chi connectivity index (χ0v) is 35.9. The van der Waals surface area contributed by atoms with Gasteiger partial charge in [-0.05, 0) is 87.5 Å². The number of unbranched alkanes of at least 4 members (excludes halogenated alkanes) is 10. The minimum absolute atomic E-state index is 0.0119. The first-order valence-electron chi connectivity index (χ1n) is 22.7. The lowest BCUT2D eigenvalue weighted by Gasteiger charge is -2.24. The van der Waals surface area contributed by atoms with Gasteiger partial charge >= 0.3 is 11.9 Å². The summed E-state index contributed by atoms with van der Waals surface area (Å²) in [6.45, 7) is 4.41. The van der Waals surface area contributed by atoms with Crippen LogP contribution in [0.4, 0.5) is 0 Å². The van der Waals surface area contributed by atoms with Gasteiger partial charge in [0.1, 0.15) is 12.2 Å². The number of hydrogen-bond donors (Lipinski definition) is 1. The first kappa shape index (κ1) is 47.8. The van der Waals surface area contributed by atoms with Gasteiger partial charge in [-0.15, -0.1) is 0 Å². The molecule has 0 saturated heterocycles. The quantitative estimate of drug-likeness (QED) is 0.0516. The highest BCUT2D eigenvalue weighted by molar-refractivity contribution is 7.99. The highest BCUT2D eigenvalue weighted by atomic mass is 32.2. The molecular formula is C45H84O5S2. The second-order valence-corrected chi connectivity index (χ2v) is 18.8. The van der Waals surface area contributed by atoms with Crippen LogP contribution >= 0.6 is 23.5 Å². The fourth-order valence-corrected chi connectivity index (χ4v) is 10.3. The molecule has 2 atom stereocenters. The Balaban J connectivity index is 1.52. The molecule has 7 heteroatoms. The van der Waals surface area contributed by atoms with Crippen LogP contribution in [-0.4, -0.2) is 58.4 Å². The number of esters is 2. The van der Waals surface area contributed by atoms with Gasteiger partial charge in [0.05, 0.1) is 6.10 Å². The fraction of sp³-hybridized carbons (Fsp3) is 0.956. The molecule has 2 aliphatic carbocycles. The maximum Gasteiger partial charge on any atom is 0.306 e. The predicted octanol–water partition coefficient (Wildman–Crippen LogP) is 13.4. The number of carbonyl (C=O) groups excluding carboxylic acids is 2. The second kappa shape index (κ2) is 33.9. The van der Waals surface area contributed by atoms with Gasteiger partial charge in [0.2, 0.25) is 0 Å². The number of carbonyl (C=O) groups is 2. The Morgan fingerprint density at radius 2 is 0.942 bits per heavy atom. The van der Waals surface area contributed by atoms with Crippen molar-refractivity contribution in [1.29, 1.82) is 0 Å².